The first-order valence-electron chi connectivity index (χ1n) is 27.1. The fourth-order valence-electron chi connectivity index (χ4n) is 12.6. The van der Waals surface area contributed by atoms with Crippen molar-refractivity contribution in [1.29, 1.82) is 0 Å². The van der Waals surface area contributed by atoms with E-state index in [0.717, 1.165) is 137 Å². The Hall–Kier alpha value is -10.3. The quantitative estimate of drug-likeness (QED) is 0.135. The van der Waals surface area contributed by atoms with Crippen LogP contribution in [0.3, 0.4) is 0 Å². The van der Waals surface area contributed by atoms with Crippen molar-refractivity contribution in [2.45, 2.75) is 6.92 Å². The second-order valence-electron chi connectivity index (χ2n) is 20.6. The van der Waals surface area contributed by atoms with Gasteiger partial charge < -0.3 is 8.83 Å². The van der Waals surface area contributed by atoms with Crippen molar-refractivity contribution in [3.63, 3.8) is 0 Å². The van der Waals surface area contributed by atoms with Gasteiger partial charge in [0.25, 0.3) is 0 Å². The molecule has 0 bridgehead atoms. The Bertz CT molecular complexity index is 4950. The topological polar surface area (TPSA) is 26.3 Å². The van der Waals surface area contributed by atoms with E-state index in [1.54, 1.807) is 0 Å². The second kappa shape index (κ2) is 18.8. The van der Waals surface area contributed by atoms with Gasteiger partial charge in [-0.25, -0.2) is 0 Å². The van der Waals surface area contributed by atoms with Crippen LogP contribution in [-0.2, 0) is 0 Å². The van der Waals surface area contributed by atoms with E-state index in [4.69, 9.17) is 8.83 Å². The van der Waals surface area contributed by atoms with Crippen LogP contribution in [0.1, 0.15) is 12.5 Å². The Morgan fingerprint density at radius 1 is 0.304 bits per heavy atom. The van der Waals surface area contributed by atoms with Crippen molar-refractivity contribution in [3.05, 3.63) is 285 Å². The van der Waals surface area contributed by atoms with Crippen LogP contribution in [0.2, 0.25) is 0 Å². The standard InChI is InChI=1S/C77H50O2/c1-3-18-48(19-4-2)52-42-53(49-20-8-5-9-21-49)45-56(44-52)58-34-38-70-74-62(58)26-14-30-66(74)68-32-16-28-64-60(36-40-72(78-70)76(64)68)61-37-41-73-77-65(61)29-17-33-69(77)67-31-15-27-63-59(35-39-71(79-73)75(63)67)57-46-54(50-22-10-6-11-23-50)43-55(47-57)51-24-12-7-13-25-51/h3-47H,1H2,2H3/b19-4-,48-18+. The molecule has 0 amide bonds. The highest BCUT2D eigenvalue weighted by atomic mass is 16.3. The van der Waals surface area contributed by atoms with Gasteiger partial charge in [0.2, 0.25) is 0 Å². The Kier molecular flexibility index (Phi) is 10.9. The molecule has 0 aliphatic carbocycles. The summed E-state index contributed by atoms with van der Waals surface area (Å²) in [6, 6.07) is 90.4. The Balaban J connectivity index is 0.915. The van der Waals surface area contributed by atoms with Gasteiger partial charge in [-0.1, -0.05) is 219 Å². The molecule has 0 saturated heterocycles. The normalized spacial score (nSPS) is 12.2. The van der Waals surface area contributed by atoms with Gasteiger partial charge in [0, 0.05) is 21.5 Å². The van der Waals surface area contributed by atoms with Crippen LogP contribution in [-0.4, -0.2) is 0 Å². The summed E-state index contributed by atoms with van der Waals surface area (Å²) >= 11 is 0. The molecule has 0 fully saturated rings. The maximum atomic E-state index is 7.13. The van der Waals surface area contributed by atoms with Gasteiger partial charge in [-0.3, -0.25) is 0 Å². The van der Waals surface area contributed by atoms with Crippen LogP contribution in [0.15, 0.2) is 288 Å². The van der Waals surface area contributed by atoms with Gasteiger partial charge in [-0.05, 0) is 189 Å². The van der Waals surface area contributed by atoms with Crippen molar-refractivity contribution >= 4 is 92.5 Å². The summed E-state index contributed by atoms with van der Waals surface area (Å²) in [7, 11) is 0. The van der Waals surface area contributed by atoms with E-state index in [2.05, 4.69) is 280 Å². The summed E-state index contributed by atoms with van der Waals surface area (Å²) in [4.78, 5) is 0. The molecule has 0 spiro atoms. The lowest BCUT2D eigenvalue weighted by atomic mass is 9.89. The van der Waals surface area contributed by atoms with Crippen LogP contribution in [0, 0.1) is 0 Å². The van der Waals surface area contributed by atoms with E-state index in [0.29, 0.717) is 0 Å². The van der Waals surface area contributed by atoms with Crippen molar-refractivity contribution in [2.75, 3.05) is 0 Å². The SMILES string of the molecule is C=C/C=C(\C=C/C)c1cc(-c2ccccc2)cc(-c2ccc3oc4ccc(-c5ccc6oc7ccc(-c8cc(-c9ccccc9)cc(-c9ccccc9)c8)c8cccc(c9cccc5c69)c78)c5cccc(c6cccc2c36)c45)c1. The predicted molar refractivity (Wildman–Crippen MR) is 337 cm³/mol. The zero-order valence-electron chi connectivity index (χ0n) is 43.5. The lowest BCUT2D eigenvalue weighted by Gasteiger charge is -2.14. The number of rotatable bonds is 9. The smallest absolute Gasteiger partial charge is 0.135 e. The molecule has 370 valence electrons. The highest BCUT2D eigenvalue weighted by Gasteiger charge is 2.21. The highest BCUT2D eigenvalue weighted by Crippen LogP contribution is 2.47. The second-order valence-corrected chi connectivity index (χ2v) is 20.6. The molecule has 15 rings (SSSR count). The third-order valence-electron chi connectivity index (χ3n) is 16.1. The zero-order valence-corrected chi connectivity index (χ0v) is 43.5. The van der Waals surface area contributed by atoms with E-state index in [-0.39, 0.29) is 0 Å². The number of benzene rings is 13. The summed E-state index contributed by atoms with van der Waals surface area (Å²) in [6.07, 6.45) is 8.18. The Morgan fingerprint density at radius 2 is 0.620 bits per heavy atom. The van der Waals surface area contributed by atoms with Crippen molar-refractivity contribution in [1.82, 2.24) is 0 Å². The monoisotopic (exact) mass is 1010 g/mol. The van der Waals surface area contributed by atoms with Gasteiger partial charge in [-0.2, -0.15) is 0 Å². The molecule has 0 aliphatic heterocycles. The summed E-state index contributed by atoms with van der Waals surface area (Å²) in [5.41, 5.74) is 19.5. The van der Waals surface area contributed by atoms with E-state index in [9.17, 15) is 0 Å². The fourth-order valence-corrected chi connectivity index (χ4v) is 12.6. The van der Waals surface area contributed by atoms with E-state index in [1.165, 1.54) is 27.8 Å². The average molecular weight is 1010 g/mol. The molecule has 0 N–H and O–H groups in total. The third-order valence-corrected chi connectivity index (χ3v) is 16.1. The van der Waals surface area contributed by atoms with Crippen molar-refractivity contribution < 1.29 is 8.83 Å². The summed E-state index contributed by atoms with van der Waals surface area (Å²) in [5, 5.41) is 13.5. The predicted octanol–water partition coefficient (Wildman–Crippen LogP) is 22.2. The van der Waals surface area contributed by atoms with Crippen molar-refractivity contribution in [2.24, 2.45) is 0 Å². The zero-order chi connectivity index (χ0) is 52.6. The van der Waals surface area contributed by atoms with Crippen LogP contribution >= 0.6 is 0 Å². The number of hydrogen-bond acceptors (Lipinski definition) is 2. The lowest BCUT2D eigenvalue weighted by molar-refractivity contribution is 0.663. The summed E-state index contributed by atoms with van der Waals surface area (Å²) < 4.78 is 14.3. The third kappa shape index (κ3) is 7.64. The van der Waals surface area contributed by atoms with Crippen LogP contribution in [0.5, 0.6) is 0 Å². The number of allylic oxidation sites excluding steroid dienone is 5. The molecule has 0 unspecified atom stereocenters. The summed E-state index contributed by atoms with van der Waals surface area (Å²) in [6.45, 7) is 6.11. The Labute approximate surface area is 457 Å². The molecule has 15 aromatic rings. The molecule has 2 heteroatoms. The number of hydrogen-bond donors (Lipinski definition) is 0. The maximum Gasteiger partial charge on any atom is 0.135 e. The van der Waals surface area contributed by atoms with Crippen molar-refractivity contribution in [3.8, 4) is 66.8 Å². The minimum absolute atomic E-state index is 0.838. The fraction of sp³-hybridized carbons (Fsp3) is 0.0130. The molecule has 0 aliphatic rings. The minimum Gasteiger partial charge on any atom is -0.456 e. The molecule has 79 heavy (non-hydrogen) atoms. The van der Waals surface area contributed by atoms with Gasteiger partial charge in [0.05, 0.1) is 0 Å². The van der Waals surface area contributed by atoms with Gasteiger partial charge in [0.15, 0.2) is 0 Å². The van der Waals surface area contributed by atoms with Crippen LogP contribution in [0.25, 0.3) is 159 Å². The molecule has 0 saturated carbocycles. The first-order valence-corrected chi connectivity index (χ1v) is 27.1. The van der Waals surface area contributed by atoms with Crippen LogP contribution < -0.4 is 0 Å². The Morgan fingerprint density at radius 3 is 1.00 bits per heavy atom. The van der Waals surface area contributed by atoms with Gasteiger partial charge in [0.1, 0.15) is 22.3 Å². The minimum atomic E-state index is 0.838. The molecular weight excluding hydrogens is 957 g/mol. The van der Waals surface area contributed by atoms with E-state index < -0.39 is 0 Å². The molecule has 2 nitrogen and oxygen atoms in total. The van der Waals surface area contributed by atoms with E-state index in [1.807, 2.05) is 6.08 Å². The molecule has 0 atom stereocenters. The highest BCUT2D eigenvalue weighted by molar-refractivity contribution is 6.29. The molecular formula is C77H50O2. The van der Waals surface area contributed by atoms with Crippen LogP contribution in [0.4, 0.5) is 0 Å². The largest absolute Gasteiger partial charge is 0.456 e. The molecule has 2 heterocycles. The number of fused-ring (bicyclic) bond motifs is 2. The molecule has 0 radical (unpaired) electrons. The van der Waals surface area contributed by atoms with Gasteiger partial charge >= 0.3 is 0 Å². The average Bonchev–Trinajstić information content (AvgIpc) is 3.88. The van der Waals surface area contributed by atoms with E-state index >= 15 is 0 Å². The first kappa shape index (κ1) is 46.1. The summed E-state index contributed by atoms with van der Waals surface area (Å²) in [5.74, 6) is 0. The maximum absolute atomic E-state index is 7.13. The van der Waals surface area contributed by atoms with Gasteiger partial charge in [-0.15, -0.1) is 0 Å². The lowest BCUT2D eigenvalue weighted by Crippen LogP contribution is -1.90. The molecule has 2 aromatic heterocycles. The molecule has 13 aromatic carbocycles. The first-order chi connectivity index (χ1) is 39.1.